The number of allylic oxidation sites excluding steroid dienone is 3. The van der Waals surface area contributed by atoms with E-state index in [1.165, 1.54) is 30.9 Å². The lowest BCUT2D eigenvalue weighted by Crippen LogP contribution is -2.53. The molecule has 4 aliphatic heterocycles. The van der Waals surface area contributed by atoms with E-state index in [2.05, 4.69) is 33.1 Å². The summed E-state index contributed by atoms with van der Waals surface area (Å²) in [6.07, 6.45) is 3.05. The highest BCUT2D eigenvalue weighted by atomic mass is 79.9. The second kappa shape index (κ2) is 33.6. The van der Waals surface area contributed by atoms with Crippen molar-refractivity contribution in [1.29, 1.82) is 0 Å². The van der Waals surface area contributed by atoms with Crippen LogP contribution >= 0.6 is 27.5 Å². The number of hydrogen-bond acceptors (Lipinski definition) is 17. The molecule has 2 aromatic carbocycles. The van der Waals surface area contributed by atoms with E-state index in [0.717, 1.165) is 16.7 Å². The van der Waals surface area contributed by atoms with Crippen molar-refractivity contribution in [1.82, 2.24) is 15.5 Å². The number of primary amides is 1. The maximum atomic E-state index is 14.7. The van der Waals surface area contributed by atoms with Gasteiger partial charge in [-0.1, -0.05) is 90.8 Å². The first-order valence-corrected chi connectivity index (χ1v) is 33.2. The van der Waals surface area contributed by atoms with Crippen LogP contribution in [0.3, 0.4) is 0 Å². The zero-order valence-electron chi connectivity index (χ0n) is 55.1. The van der Waals surface area contributed by atoms with Crippen molar-refractivity contribution in [2.24, 2.45) is 23.5 Å². The van der Waals surface area contributed by atoms with Crippen LogP contribution in [0.4, 0.5) is 16.2 Å². The van der Waals surface area contributed by atoms with Gasteiger partial charge < -0.3 is 64.6 Å². The second-order valence-corrected chi connectivity index (χ2v) is 26.6. The summed E-state index contributed by atoms with van der Waals surface area (Å²) in [4.78, 5) is 128. The maximum Gasteiger partial charge on any atom is 0.334 e. The van der Waals surface area contributed by atoms with E-state index < -0.39 is 101 Å². The molecule has 1 unspecified atom stereocenters. The number of esters is 3. The molecular weight excluding hydrogens is 1270 g/mol. The van der Waals surface area contributed by atoms with Gasteiger partial charge in [-0.05, 0) is 114 Å². The number of unbranched alkanes of at least 4 members (excludes halogenated alkanes) is 1. The molecular formula is C68H94BrClN6O16. The molecule has 0 saturated carbocycles. The van der Waals surface area contributed by atoms with Crippen molar-refractivity contribution >= 4 is 92.1 Å². The molecule has 506 valence electrons. The number of urea groups is 1. The number of benzene rings is 2. The number of Topliss-reactive ketones (excluding diaryl/α,β-unsaturated/α-hetero) is 2. The molecule has 92 heavy (non-hydrogen) atoms. The van der Waals surface area contributed by atoms with E-state index in [0.29, 0.717) is 84.9 Å². The smallest absolute Gasteiger partial charge is 0.334 e. The zero-order chi connectivity index (χ0) is 67.9. The lowest BCUT2D eigenvalue weighted by molar-refractivity contribution is -0.187. The summed E-state index contributed by atoms with van der Waals surface area (Å²) in [5.41, 5.74) is 6.92. The van der Waals surface area contributed by atoms with E-state index >= 15 is 0 Å². The Morgan fingerprint density at radius 2 is 1.71 bits per heavy atom. The highest BCUT2D eigenvalue weighted by Crippen LogP contribution is 2.50. The number of amides is 5. The number of carbonyl (C=O) groups is 9. The summed E-state index contributed by atoms with van der Waals surface area (Å²) in [5.74, 6) is -5.59. The lowest BCUT2D eigenvalue weighted by atomic mass is 9.78. The first-order chi connectivity index (χ1) is 43.4. The Morgan fingerprint density at radius 3 is 2.37 bits per heavy atom. The number of nitrogens with zero attached hydrogens (tertiary/aromatic N) is 3. The first-order valence-electron chi connectivity index (χ1n) is 31.7. The van der Waals surface area contributed by atoms with Crippen LogP contribution in [0, 0.1) is 24.7 Å². The summed E-state index contributed by atoms with van der Waals surface area (Å²) >= 11 is 10.1. The first kappa shape index (κ1) is 74.5. The van der Waals surface area contributed by atoms with Crippen LogP contribution in [0.1, 0.15) is 140 Å². The van der Waals surface area contributed by atoms with Gasteiger partial charge in [0.15, 0.2) is 5.78 Å². The molecule has 5 N–H and O–H groups in total. The number of anilines is 2. The number of nitrogens with one attached hydrogen (secondary N) is 2. The summed E-state index contributed by atoms with van der Waals surface area (Å²) in [6, 6.07) is 5.61. The fraction of sp³-hybridized carbons (Fsp3) is 0.603. The molecule has 2 aromatic rings. The van der Waals surface area contributed by atoms with Crippen molar-refractivity contribution in [3.63, 3.8) is 0 Å². The zero-order valence-corrected chi connectivity index (χ0v) is 57.4. The molecule has 6 rings (SSSR count). The Morgan fingerprint density at radius 1 is 1.00 bits per heavy atom. The predicted octanol–water partition coefficient (Wildman–Crippen LogP) is 7.93. The Bertz CT molecular complexity index is 3110. The van der Waals surface area contributed by atoms with Crippen LogP contribution in [-0.2, 0) is 74.8 Å². The number of ether oxygens (including phenoxy) is 6. The van der Waals surface area contributed by atoms with Crippen molar-refractivity contribution in [3.8, 4) is 0 Å². The number of fused-ring (bicyclic) bond motifs is 5. The largest absolute Gasteiger partial charge is 0.462 e. The minimum atomic E-state index is -1.65. The van der Waals surface area contributed by atoms with E-state index in [1.807, 2.05) is 50.8 Å². The third-order valence-electron chi connectivity index (χ3n) is 18.1. The van der Waals surface area contributed by atoms with Gasteiger partial charge in [0.1, 0.15) is 41.3 Å². The number of rotatable bonds is 26. The highest BCUT2D eigenvalue weighted by Gasteiger charge is 2.64. The van der Waals surface area contributed by atoms with E-state index in [4.69, 9.17) is 45.8 Å². The fourth-order valence-electron chi connectivity index (χ4n) is 12.2. The molecule has 0 aliphatic carbocycles. The van der Waals surface area contributed by atoms with Crippen molar-refractivity contribution in [3.05, 3.63) is 93.6 Å². The number of epoxide rings is 1. The van der Waals surface area contributed by atoms with Crippen LogP contribution in [0.5, 0.6) is 0 Å². The van der Waals surface area contributed by atoms with Crippen LogP contribution in [0.15, 0.2) is 66.3 Å². The molecule has 24 heteroatoms. The number of aliphatic hydroxyl groups is 1. The Hall–Kier alpha value is -6.50. The average molecular weight is 1370 g/mol. The third-order valence-corrected chi connectivity index (χ3v) is 19.3. The van der Waals surface area contributed by atoms with E-state index in [9.17, 15) is 48.3 Å². The van der Waals surface area contributed by atoms with Gasteiger partial charge in [0, 0.05) is 101 Å². The molecule has 5 amide bonds. The molecule has 0 aromatic heterocycles. The highest BCUT2D eigenvalue weighted by molar-refractivity contribution is 9.09. The number of likely N-dealkylation sites (N-methyl/N-ethyl adjacent to an activating group) is 1. The molecule has 4 bridgehead atoms. The summed E-state index contributed by atoms with van der Waals surface area (Å²) in [5, 5.41) is 18.2. The van der Waals surface area contributed by atoms with Gasteiger partial charge in [0.25, 0.3) is 5.91 Å². The van der Waals surface area contributed by atoms with Crippen LogP contribution in [0.25, 0.3) is 0 Å². The number of carbonyl (C=O) groups excluding carboxylic acids is 9. The molecule has 11 atom stereocenters. The predicted molar refractivity (Wildman–Crippen MR) is 351 cm³/mol. The monoisotopic (exact) mass is 1360 g/mol. The number of morpholine rings is 1. The number of methoxy groups -OCH3 is 1. The van der Waals surface area contributed by atoms with Gasteiger partial charge in [-0.15, -0.1) is 0 Å². The molecule has 3 saturated heterocycles. The number of nitrogens with two attached hydrogens (primary N) is 1. The van der Waals surface area contributed by atoms with Gasteiger partial charge in [-0.2, -0.15) is 0 Å². The van der Waals surface area contributed by atoms with Gasteiger partial charge in [-0.3, -0.25) is 28.8 Å². The Labute approximate surface area is 554 Å². The number of aryl methyl sites for hydroxylation is 1. The van der Waals surface area contributed by atoms with Gasteiger partial charge in [0.05, 0.1) is 55.0 Å². The van der Waals surface area contributed by atoms with Crippen molar-refractivity contribution in [2.45, 2.75) is 186 Å². The second-order valence-electron chi connectivity index (χ2n) is 25.6. The summed E-state index contributed by atoms with van der Waals surface area (Å²) in [6.45, 7) is 19.6. The Balaban J connectivity index is 1.22. The average Bonchev–Trinajstić information content (AvgIpc) is 1.59. The molecule has 22 nitrogen and oxygen atoms in total. The third kappa shape index (κ3) is 19.8. The summed E-state index contributed by atoms with van der Waals surface area (Å²) < 4.78 is 35.5. The SMILES string of the molecule is C=C(CBr)C(=O)OC(C)CCCCC(=O)C[C@H](C(=O)N[C@@H](CCCNC(N)=O)C(=O)Cc1ccc(C(=O)N(C)[C@@H](C)C(=O)O[C@H]2CC(=O)N(C)c3cc(cc(C)c3Cl)C/C(C)=C/C=C/[C@@H](OC)[C@]3(O)CC(=O)O[C@@H](C3)[C@@H](C)[C@@H]3O[C@@]23C)cc1N1CCOCC1)C(C)C. The topological polar surface area (TPSA) is 292 Å². The van der Waals surface area contributed by atoms with Gasteiger partial charge >= 0.3 is 23.9 Å². The molecule has 0 spiro atoms. The maximum absolute atomic E-state index is 14.7. The van der Waals surface area contributed by atoms with Crippen molar-refractivity contribution in [2.75, 3.05) is 69.2 Å². The molecule has 4 heterocycles. The number of alkyl halides is 1. The minimum Gasteiger partial charge on any atom is -0.462 e. The fourth-order valence-corrected chi connectivity index (χ4v) is 12.6. The van der Waals surface area contributed by atoms with Crippen LogP contribution < -0.4 is 26.2 Å². The van der Waals surface area contributed by atoms with Gasteiger partial charge in [0.2, 0.25) is 11.8 Å². The number of hydrogen-bond donors (Lipinski definition) is 4. The molecule has 3 fully saturated rings. The number of halogens is 2. The standard InChI is InChI=1S/C68H94BrClN6O16/c1-39(2)50(34-49(77)19-14-13-18-43(6)89-64(83)42(5)38-69)62(81)73-51(20-16-24-72-66(71)85)54(78)33-47-22-23-48(32-52(47)76-25-27-88-28-26-76)63(82)74(10)45(8)65(84)91-57-35-58(79)75(11)53-31-46(30-41(4)60(53)70)29-40(3)17-15-21-56(87-12)68(86)36-55(90-59(80)37-68)44(7)61-67(57,9)92-61/h15,17,21-23,30-32,39,43-45,50-51,55-57,61,86H,5,13-14,16,18-20,24-29,33-38H2,1-4,6-12H3,(H,73,81)(H3,71,72,85)/b21-15+,40-17+/t43?,44-,45+,50+,51+,55+,56-,57+,61+,67+,68-/m1/s1. The molecule has 0 radical (unpaired) electrons. The van der Waals surface area contributed by atoms with E-state index in [1.54, 1.807) is 58.2 Å². The van der Waals surface area contributed by atoms with Crippen LogP contribution in [-0.4, -0.2) is 176 Å². The lowest BCUT2D eigenvalue weighted by Gasteiger charge is -2.41. The normalized spacial score (nSPS) is 24.9. The van der Waals surface area contributed by atoms with E-state index in [-0.39, 0.29) is 87.1 Å². The van der Waals surface area contributed by atoms with Crippen molar-refractivity contribution < 1.29 is 76.7 Å². The van der Waals surface area contributed by atoms with Gasteiger partial charge in [-0.25, -0.2) is 14.4 Å². The molecule has 4 aliphatic rings. The Kier molecular flexibility index (Phi) is 27.2. The number of ketones is 2. The van der Waals surface area contributed by atoms with Crippen LogP contribution in [0.2, 0.25) is 5.02 Å². The summed E-state index contributed by atoms with van der Waals surface area (Å²) in [7, 11) is 4.49. The minimum absolute atomic E-state index is 0.00668. The quantitative estimate of drug-likeness (QED) is 0.0174.